The van der Waals surface area contributed by atoms with Crippen LogP contribution in [0, 0.1) is 0 Å². The van der Waals surface area contributed by atoms with E-state index in [4.69, 9.17) is 11.6 Å². The summed E-state index contributed by atoms with van der Waals surface area (Å²) in [4.78, 5) is 48.3. The number of piperidine rings is 1. The van der Waals surface area contributed by atoms with E-state index in [1.54, 1.807) is 6.07 Å². The van der Waals surface area contributed by atoms with E-state index in [9.17, 15) is 24.3 Å². The predicted octanol–water partition coefficient (Wildman–Crippen LogP) is 0.799. The molecule has 1 unspecified atom stereocenters. The molecule has 1 fully saturated rings. The molecule has 114 valence electrons. The van der Waals surface area contributed by atoms with E-state index in [1.165, 1.54) is 11.0 Å². The van der Waals surface area contributed by atoms with Crippen molar-refractivity contribution >= 4 is 35.3 Å². The number of carboxylic acids is 1. The van der Waals surface area contributed by atoms with Gasteiger partial charge in [0.25, 0.3) is 5.91 Å². The smallest absolute Gasteiger partial charge is 0.338 e. The third-order valence-electron chi connectivity index (χ3n) is 3.86. The minimum absolute atomic E-state index is 0.0182. The summed E-state index contributed by atoms with van der Waals surface area (Å²) < 4.78 is 0. The molecule has 2 aliphatic rings. The van der Waals surface area contributed by atoms with Gasteiger partial charge in [-0.05, 0) is 18.1 Å². The maximum absolute atomic E-state index is 12.5. The number of carbonyl (C=O) groups is 4. The summed E-state index contributed by atoms with van der Waals surface area (Å²) in [6.07, 6.45) is 0.365. The number of hydrogen-bond acceptors (Lipinski definition) is 4. The highest BCUT2D eigenvalue weighted by atomic mass is 35.5. The Labute approximate surface area is 129 Å². The van der Waals surface area contributed by atoms with Gasteiger partial charge in [-0.2, -0.15) is 0 Å². The Bertz CT molecular complexity index is 730. The lowest BCUT2D eigenvalue weighted by Gasteiger charge is -2.29. The van der Waals surface area contributed by atoms with E-state index in [1.807, 2.05) is 0 Å². The number of halogens is 1. The van der Waals surface area contributed by atoms with Crippen LogP contribution in [0.3, 0.4) is 0 Å². The number of rotatable bonds is 2. The van der Waals surface area contributed by atoms with Crippen LogP contribution < -0.4 is 5.32 Å². The van der Waals surface area contributed by atoms with Crippen LogP contribution in [0.5, 0.6) is 0 Å². The lowest BCUT2D eigenvalue weighted by molar-refractivity contribution is -0.136. The molecule has 2 aliphatic heterocycles. The van der Waals surface area contributed by atoms with Gasteiger partial charge in [-0.25, -0.2) is 4.79 Å². The molecule has 0 aliphatic carbocycles. The Morgan fingerprint density at radius 3 is 2.68 bits per heavy atom. The van der Waals surface area contributed by atoms with Crippen LogP contribution >= 0.6 is 11.6 Å². The zero-order valence-corrected chi connectivity index (χ0v) is 12.0. The number of amides is 3. The maximum Gasteiger partial charge on any atom is 0.338 e. The van der Waals surface area contributed by atoms with Crippen LogP contribution in [0.25, 0.3) is 0 Å². The van der Waals surface area contributed by atoms with E-state index in [2.05, 4.69) is 5.32 Å². The second-order valence-electron chi connectivity index (χ2n) is 5.16. The van der Waals surface area contributed by atoms with Crippen LogP contribution in [0.2, 0.25) is 5.02 Å². The van der Waals surface area contributed by atoms with Gasteiger partial charge in [-0.15, -0.1) is 0 Å². The molecule has 7 nitrogen and oxygen atoms in total. The lowest BCUT2D eigenvalue weighted by Crippen LogP contribution is -2.52. The van der Waals surface area contributed by atoms with Crippen molar-refractivity contribution in [2.45, 2.75) is 25.4 Å². The zero-order valence-electron chi connectivity index (χ0n) is 11.3. The topological polar surface area (TPSA) is 104 Å². The highest BCUT2D eigenvalue weighted by Crippen LogP contribution is 2.33. The van der Waals surface area contributed by atoms with Crippen molar-refractivity contribution in [1.82, 2.24) is 10.2 Å². The van der Waals surface area contributed by atoms with Crippen molar-refractivity contribution < 1.29 is 24.3 Å². The van der Waals surface area contributed by atoms with Gasteiger partial charge >= 0.3 is 5.97 Å². The van der Waals surface area contributed by atoms with Crippen molar-refractivity contribution in [2.75, 3.05) is 0 Å². The van der Waals surface area contributed by atoms with Gasteiger partial charge in [-0.1, -0.05) is 17.7 Å². The van der Waals surface area contributed by atoms with Crippen molar-refractivity contribution in [3.05, 3.63) is 33.8 Å². The van der Waals surface area contributed by atoms with E-state index in [-0.39, 0.29) is 41.4 Å². The number of carboxylic acid groups (broad SMARTS) is 1. The van der Waals surface area contributed by atoms with Crippen molar-refractivity contribution in [1.29, 1.82) is 0 Å². The van der Waals surface area contributed by atoms with Gasteiger partial charge in [-0.3, -0.25) is 19.7 Å². The molecule has 0 aromatic heterocycles. The number of aromatic carboxylic acids is 1. The van der Waals surface area contributed by atoms with Crippen molar-refractivity contribution in [3.8, 4) is 0 Å². The van der Waals surface area contributed by atoms with Crippen LogP contribution in [-0.4, -0.2) is 39.7 Å². The second kappa shape index (κ2) is 5.10. The van der Waals surface area contributed by atoms with Crippen LogP contribution in [0.1, 0.15) is 39.1 Å². The average Bonchev–Trinajstić information content (AvgIpc) is 2.76. The number of fused-ring (bicyclic) bond motifs is 1. The molecule has 8 heteroatoms. The van der Waals surface area contributed by atoms with E-state index >= 15 is 0 Å². The van der Waals surface area contributed by atoms with E-state index < -0.39 is 23.8 Å². The Hall–Kier alpha value is -2.41. The molecular formula is C14H11ClN2O5. The first-order chi connectivity index (χ1) is 10.4. The van der Waals surface area contributed by atoms with Crippen LogP contribution in [-0.2, 0) is 16.1 Å². The van der Waals surface area contributed by atoms with E-state index in [0.717, 1.165) is 0 Å². The van der Waals surface area contributed by atoms with Crippen molar-refractivity contribution in [2.24, 2.45) is 0 Å². The summed E-state index contributed by atoms with van der Waals surface area (Å²) >= 11 is 5.87. The predicted molar refractivity (Wildman–Crippen MR) is 74.5 cm³/mol. The fraction of sp³-hybridized carbons (Fsp3) is 0.286. The molecule has 1 aromatic rings. The zero-order chi connectivity index (χ0) is 16.0. The molecule has 3 amide bonds. The Morgan fingerprint density at radius 2 is 2.05 bits per heavy atom. The molecule has 0 spiro atoms. The first-order valence-corrected chi connectivity index (χ1v) is 6.97. The first-order valence-electron chi connectivity index (χ1n) is 6.59. The summed E-state index contributed by atoms with van der Waals surface area (Å²) in [7, 11) is 0. The molecule has 1 atom stereocenters. The van der Waals surface area contributed by atoms with Gasteiger partial charge in [0.1, 0.15) is 6.04 Å². The molecular weight excluding hydrogens is 312 g/mol. The minimum Gasteiger partial charge on any atom is -0.478 e. The second-order valence-corrected chi connectivity index (χ2v) is 5.57. The van der Waals surface area contributed by atoms with E-state index in [0.29, 0.717) is 5.56 Å². The Morgan fingerprint density at radius 1 is 1.32 bits per heavy atom. The molecule has 0 radical (unpaired) electrons. The van der Waals surface area contributed by atoms with Crippen LogP contribution in [0.4, 0.5) is 0 Å². The number of hydrogen-bond donors (Lipinski definition) is 2. The molecule has 1 saturated heterocycles. The molecule has 0 saturated carbocycles. The first kappa shape index (κ1) is 14.5. The number of imide groups is 1. The minimum atomic E-state index is -1.29. The molecule has 22 heavy (non-hydrogen) atoms. The van der Waals surface area contributed by atoms with Crippen LogP contribution in [0.15, 0.2) is 12.1 Å². The highest BCUT2D eigenvalue weighted by molar-refractivity contribution is 6.34. The normalized spacial score (nSPS) is 20.9. The van der Waals surface area contributed by atoms with Gasteiger partial charge in [0, 0.05) is 13.0 Å². The summed E-state index contributed by atoms with van der Waals surface area (Å²) in [5.74, 6) is -2.76. The average molecular weight is 323 g/mol. The van der Waals surface area contributed by atoms with Gasteiger partial charge < -0.3 is 10.0 Å². The molecule has 3 rings (SSSR count). The SMILES string of the molecule is O=C1CCC(N2Cc3ccc(Cl)c(C(=O)O)c3C2=O)C(=O)N1. The fourth-order valence-corrected chi connectivity index (χ4v) is 3.07. The van der Waals surface area contributed by atoms with Gasteiger partial charge in [0.05, 0.1) is 16.1 Å². The third-order valence-corrected chi connectivity index (χ3v) is 4.17. The molecule has 1 aromatic carbocycles. The summed E-state index contributed by atoms with van der Waals surface area (Å²) in [5.41, 5.74) is 0.278. The monoisotopic (exact) mass is 322 g/mol. The number of carbonyl (C=O) groups excluding carboxylic acids is 3. The summed E-state index contributed by atoms with van der Waals surface area (Å²) in [5, 5.41) is 11.4. The molecule has 2 N–H and O–H groups in total. The van der Waals surface area contributed by atoms with Crippen molar-refractivity contribution in [3.63, 3.8) is 0 Å². The highest BCUT2D eigenvalue weighted by Gasteiger charge is 2.41. The number of benzene rings is 1. The largest absolute Gasteiger partial charge is 0.478 e. The van der Waals surface area contributed by atoms with Gasteiger partial charge in [0.15, 0.2) is 0 Å². The third kappa shape index (κ3) is 2.14. The standard InChI is InChI=1S/C14H11ClN2O5/c15-7-2-1-6-5-17(8-3-4-9(18)16-12(8)19)13(20)10(6)11(7)14(21)22/h1-2,8H,3-5H2,(H,21,22)(H,16,18,19). The summed E-state index contributed by atoms with van der Waals surface area (Å²) in [6.45, 7) is 0.123. The lowest BCUT2D eigenvalue weighted by atomic mass is 10.0. The quantitative estimate of drug-likeness (QED) is 0.784. The molecule has 0 bridgehead atoms. The maximum atomic E-state index is 12.5. The summed E-state index contributed by atoms with van der Waals surface area (Å²) in [6, 6.07) is 2.22. The number of nitrogens with one attached hydrogen (secondary N) is 1. The Kier molecular flexibility index (Phi) is 3.37. The fourth-order valence-electron chi connectivity index (χ4n) is 2.84. The van der Waals surface area contributed by atoms with Gasteiger partial charge in [0.2, 0.25) is 11.8 Å². The molecule has 2 heterocycles. The Balaban J connectivity index is 1.98. The number of nitrogens with zero attached hydrogens (tertiary/aromatic N) is 1.